The van der Waals surface area contributed by atoms with Crippen LogP contribution in [0.2, 0.25) is 0 Å². The highest BCUT2D eigenvalue weighted by atomic mass is 32.2. The third-order valence-corrected chi connectivity index (χ3v) is 6.18. The summed E-state index contributed by atoms with van der Waals surface area (Å²) in [4.78, 5) is 25.7. The molecule has 0 unspecified atom stereocenters. The van der Waals surface area contributed by atoms with Crippen LogP contribution in [-0.2, 0) is 22.6 Å². The fourth-order valence-corrected chi connectivity index (χ4v) is 4.39. The molecule has 1 aromatic heterocycles. The SMILES string of the molecule is COc1ccc(-c2nnc(SCC(=O)N3CCCC3=O)n2CCc2ccccc2)cc1. The maximum Gasteiger partial charge on any atom is 0.239 e. The summed E-state index contributed by atoms with van der Waals surface area (Å²) in [5, 5.41) is 9.43. The molecule has 1 saturated heterocycles. The molecule has 0 N–H and O–H groups in total. The van der Waals surface area contributed by atoms with Gasteiger partial charge in [-0.1, -0.05) is 42.1 Å². The molecule has 0 atom stereocenters. The predicted octanol–water partition coefficient (Wildman–Crippen LogP) is 3.44. The summed E-state index contributed by atoms with van der Waals surface area (Å²) in [6.45, 7) is 1.19. The second-order valence-corrected chi connectivity index (χ2v) is 8.20. The predicted molar refractivity (Wildman–Crippen MR) is 119 cm³/mol. The summed E-state index contributed by atoms with van der Waals surface area (Å²) < 4.78 is 7.29. The Bertz CT molecular complexity index is 1050. The van der Waals surface area contributed by atoms with Crippen LogP contribution in [0.15, 0.2) is 59.8 Å². The van der Waals surface area contributed by atoms with Gasteiger partial charge in [0.2, 0.25) is 11.8 Å². The second-order valence-electron chi connectivity index (χ2n) is 7.25. The summed E-state index contributed by atoms with van der Waals surface area (Å²) in [7, 11) is 1.63. The van der Waals surface area contributed by atoms with Crippen molar-refractivity contribution in [3.05, 3.63) is 60.2 Å². The van der Waals surface area contributed by atoms with E-state index in [1.165, 1.54) is 22.2 Å². The Labute approximate surface area is 185 Å². The number of hydrogen-bond acceptors (Lipinski definition) is 6. The topological polar surface area (TPSA) is 77.3 Å². The molecule has 0 bridgehead atoms. The number of imide groups is 1. The summed E-state index contributed by atoms with van der Waals surface area (Å²) in [6, 6.07) is 17.9. The highest BCUT2D eigenvalue weighted by molar-refractivity contribution is 7.99. The van der Waals surface area contributed by atoms with Gasteiger partial charge >= 0.3 is 0 Å². The first kappa shape index (κ1) is 21.1. The molecule has 31 heavy (non-hydrogen) atoms. The Morgan fingerprint density at radius 2 is 1.87 bits per heavy atom. The molecule has 1 aliphatic rings. The lowest BCUT2D eigenvalue weighted by Crippen LogP contribution is -2.33. The van der Waals surface area contributed by atoms with E-state index in [0.717, 1.165) is 30.0 Å². The number of aromatic nitrogens is 3. The third-order valence-electron chi connectivity index (χ3n) is 5.23. The number of thioether (sulfide) groups is 1. The number of nitrogens with zero attached hydrogens (tertiary/aromatic N) is 4. The normalized spacial score (nSPS) is 13.6. The minimum atomic E-state index is -0.170. The van der Waals surface area contributed by atoms with E-state index in [2.05, 4.69) is 22.3 Å². The maximum atomic E-state index is 12.5. The van der Waals surface area contributed by atoms with Crippen molar-refractivity contribution in [3.8, 4) is 17.1 Å². The van der Waals surface area contributed by atoms with Crippen molar-refractivity contribution in [3.63, 3.8) is 0 Å². The van der Waals surface area contributed by atoms with Crippen LogP contribution in [0.5, 0.6) is 5.75 Å². The molecule has 0 saturated carbocycles. The van der Waals surface area contributed by atoms with Gasteiger partial charge in [0, 0.05) is 25.1 Å². The zero-order valence-electron chi connectivity index (χ0n) is 17.4. The Hall–Kier alpha value is -3.13. The van der Waals surface area contributed by atoms with E-state index in [9.17, 15) is 9.59 Å². The first-order valence-corrected chi connectivity index (χ1v) is 11.2. The van der Waals surface area contributed by atoms with Crippen LogP contribution in [0.1, 0.15) is 18.4 Å². The number of amides is 2. The van der Waals surface area contributed by atoms with Gasteiger partial charge in [0.25, 0.3) is 0 Å². The summed E-state index contributed by atoms with van der Waals surface area (Å²) >= 11 is 1.32. The fraction of sp³-hybridized carbons (Fsp3) is 0.304. The van der Waals surface area contributed by atoms with E-state index >= 15 is 0 Å². The van der Waals surface area contributed by atoms with E-state index in [1.54, 1.807) is 7.11 Å². The minimum absolute atomic E-state index is 0.0879. The highest BCUT2D eigenvalue weighted by Gasteiger charge is 2.27. The van der Waals surface area contributed by atoms with Gasteiger partial charge in [-0.05, 0) is 42.7 Å². The Balaban J connectivity index is 1.55. The van der Waals surface area contributed by atoms with Crippen molar-refractivity contribution in [1.29, 1.82) is 0 Å². The number of ether oxygens (including phenoxy) is 1. The average molecular weight is 437 g/mol. The minimum Gasteiger partial charge on any atom is -0.497 e. The number of methoxy groups -OCH3 is 1. The lowest BCUT2D eigenvalue weighted by atomic mass is 10.1. The van der Waals surface area contributed by atoms with Crippen LogP contribution in [0.4, 0.5) is 0 Å². The van der Waals surface area contributed by atoms with E-state index < -0.39 is 0 Å². The molecular formula is C23H24N4O3S. The molecule has 0 radical (unpaired) electrons. The van der Waals surface area contributed by atoms with Gasteiger partial charge in [0.05, 0.1) is 12.9 Å². The number of likely N-dealkylation sites (tertiary alicyclic amines) is 1. The Kier molecular flexibility index (Phi) is 6.66. The molecule has 2 heterocycles. The van der Waals surface area contributed by atoms with Gasteiger partial charge < -0.3 is 9.30 Å². The van der Waals surface area contributed by atoms with Crippen molar-refractivity contribution in [2.45, 2.75) is 31.0 Å². The lowest BCUT2D eigenvalue weighted by Gasteiger charge is -2.14. The standard InChI is InChI=1S/C23H24N4O3S/c1-30-19-11-9-18(10-12-19)22-24-25-23(27(22)15-13-17-6-3-2-4-7-17)31-16-21(29)26-14-5-8-20(26)28/h2-4,6-7,9-12H,5,8,13-16H2,1H3. The van der Waals surface area contributed by atoms with Gasteiger partial charge in [0.15, 0.2) is 11.0 Å². The van der Waals surface area contributed by atoms with Crippen molar-refractivity contribution in [2.24, 2.45) is 0 Å². The number of benzene rings is 2. The monoisotopic (exact) mass is 436 g/mol. The fourth-order valence-electron chi connectivity index (χ4n) is 3.55. The molecule has 1 fully saturated rings. The Morgan fingerprint density at radius 3 is 2.55 bits per heavy atom. The first-order chi connectivity index (χ1) is 15.2. The molecule has 3 aromatic rings. The van der Waals surface area contributed by atoms with Gasteiger partial charge in [-0.15, -0.1) is 10.2 Å². The second kappa shape index (κ2) is 9.78. The Morgan fingerprint density at radius 1 is 1.10 bits per heavy atom. The molecule has 1 aliphatic heterocycles. The quantitative estimate of drug-likeness (QED) is 0.504. The van der Waals surface area contributed by atoms with Crippen molar-refractivity contribution >= 4 is 23.6 Å². The molecule has 0 aliphatic carbocycles. The van der Waals surface area contributed by atoms with Crippen LogP contribution < -0.4 is 4.74 Å². The lowest BCUT2D eigenvalue weighted by molar-refractivity contribution is -0.140. The van der Waals surface area contributed by atoms with Gasteiger partial charge in [-0.2, -0.15) is 0 Å². The highest BCUT2D eigenvalue weighted by Crippen LogP contribution is 2.26. The van der Waals surface area contributed by atoms with Crippen LogP contribution in [0.3, 0.4) is 0 Å². The molecular weight excluding hydrogens is 412 g/mol. The average Bonchev–Trinajstić information content (AvgIpc) is 3.42. The van der Waals surface area contributed by atoms with Gasteiger partial charge in [0.1, 0.15) is 5.75 Å². The molecule has 2 amide bonds. The van der Waals surface area contributed by atoms with Crippen LogP contribution in [0, 0.1) is 0 Å². The summed E-state index contributed by atoms with van der Waals surface area (Å²) in [5.41, 5.74) is 2.14. The third kappa shape index (κ3) is 4.96. The first-order valence-electron chi connectivity index (χ1n) is 10.2. The van der Waals surface area contributed by atoms with Gasteiger partial charge in [-0.3, -0.25) is 14.5 Å². The molecule has 7 nitrogen and oxygen atoms in total. The summed E-state index contributed by atoms with van der Waals surface area (Å²) in [5.74, 6) is 1.42. The van der Waals surface area contributed by atoms with E-state index in [-0.39, 0.29) is 17.6 Å². The smallest absolute Gasteiger partial charge is 0.239 e. The van der Waals surface area contributed by atoms with Crippen molar-refractivity contribution in [2.75, 3.05) is 19.4 Å². The largest absolute Gasteiger partial charge is 0.497 e. The van der Waals surface area contributed by atoms with Crippen LogP contribution >= 0.6 is 11.8 Å². The molecule has 2 aromatic carbocycles. The molecule has 4 rings (SSSR count). The van der Waals surface area contributed by atoms with E-state index in [4.69, 9.17) is 4.74 Å². The van der Waals surface area contributed by atoms with Crippen molar-refractivity contribution in [1.82, 2.24) is 19.7 Å². The zero-order valence-corrected chi connectivity index (χ0v) is 18.2. The zero-order chi connectivity index (χ0) is 21.6. The molecule has 8 heteroatoms. The number of carbonyl (C=O) groups excluding carboxylic acids is 2. The van der Waals surface area contributed by atoms with Crippen LogP contribution in [0.25, 0.3) is 11.4 Å². The number of aryl methyl sites for hydroxylation is 1. The number of hydrogen-bond donors (Lipinski definition) is 0. The number of carbonyl (C=O) groups is 2. The molecule has 0 spiro atoms. The van der Waals surface area contributed by atoms with E-state index in [1.807, 2.05) is 47.0 Å². The van der Waals surface area contributed by atoms with Crippen LogP contribution in [-0.4, -0.2) is 50.9 Å². The van der Waals surface area contributed by atoms with Gasteiger partial charge in [-0.25, -0.2) is 0 Å². The van der Waals surface area contributed by atoms with E-state index in [0.29, 0.717) is 24.7 Å². The maximum absolute atomic E-state index is 12.5. The summed E-state index contributed by atoms with van der Waals surface area (Å²) in [6.07, 6.45) is 2.00. The molecule has 160 valence electrons. The van der Waals surface area contributed by atoms with Crippen molar-refractivity contribution < 1.29 is 14.3 Å². The number of rotatable bonds is 8.